The summed E-state index contributed by atoms with van der Waals surface area (Å²) in [4.78, 5) is 28.3. The highest BCUT2D eigenvalue weighted by atomic mass is 16.2. The summed E-state index contributed by atoms with van der Waals surface area (Å²) in [5.41, 5.74) is 2.49. The maximum absolute atomic E-state index is 12.7. The number of benzene rings is 1. The van der Waals surface area contributed by atoms with Crippen LogP contribution in [0.25, 0.3) is 0 Å². The highest BCUT2D eigenvalue weighted by Gasteiger charge is 2.32. The first-order valence-electron chi connectivity index (χ1n) is 8.29. The first-order valence-corrected chi connectivity index (χ1v) is 8.29. The van der Waals surface area contributed by atoms with E-state index in [2.05, 4.69) is 19.1 Å². The van der Waals surface area contributed by atoms with Crippen molar-refractivity contribution in [2.75, 3.05) is 19.6 Å². The number of carbonyl (C=O) groups is 2. The molecule has 0 radical (unpaired) electrons. The van der Waals surface area contributed by atoms with Crippen LogP contribution in [0.1, 0.15) is 49.3 Å². The number of hydrogen-bond acceptors (Lipinski definition) is 2. The van der Waals surface area contributed by atoms with Gasteiger partial charge in [-0.1, -0.05) is 24.3 Å². The lowest BCUT2D eigenvalue weighted by Crippen LogP contribution is -2.44. The molecular formula is C18H24N2O2. The van der Waals surface area contributed by atoms with Crippen molar-refractivity contribution in [3.05, 3.63) is 35.4 Å². The lowest BCUT2D eigenvalue weighted by atomic mass is 9.99. The van der Waals surface area contributed by atoms with Crippen LogP contribution in [0.2, 0.25) is 0 Å². The van der Waals surface area contributed by atoms with E-state index < -0.39 is 0 Å². The Morgan fingerprint density at radius 2 is 2.00 bits per heavy atom. The minimum absolute atomic E-state index is 0.0982. The number of amides is 2. The maximum Gasteiger partial charge on any atom is 0.242 e. The Balaban J connectivity index is 1.71. The summed E-state index contributed by atoms with van der Waals surface area (Å²) >= 11 is 0. The highest BCUT2D eigenvalue weighted by molar-refractivity contribution is 5.85. The van der Waals surface area contributed by atoms with Gasteiger partial charge in [0.15, 0.2) is 0 Å². The second kappa shape index (κ2) is 6.51. The summed E-state index contributed by atoms with van der Waals surface area (Å²) in [6.45, 7) is 3.89. The normalized spacial score (nSPS) is 22.2. The van der Waals surface area contributed by atoms with E-state index in [1.807, 2.05) is 17.0 Å². The third-order valence-corrected chi connectivity index (χ3v) is 4.87. The van der Waals surface area contributed by atoms with Crippen LogP contribution in [0.5, 0.6) is 0 Å². The summed E-state index contributed by atoms with van der Waals surface area (Å²) < 4.78 is 0. The van der Waals surface area contributed by atoms with Gasteiger partial charge in [0, 0.05) is 19.5 Å². The smallest absolute Gasteiger partial charge is 0.242 e. The molecule has 2 aliphatic heterocycles. The molecule has 118 valence electrons. The zero-order valence-corrected chi connectivity index (χ0v) is 13.3. The van der Waals surface area contributed by atoms with Crippen molar-refractivity contribution < 1.29 is 9.59 Å². The minimum atomic E-state index is 0.0982. The molecule has 2 amide bonds. The molecule has 2 heterocycles. The van der Waals surface area contributed by atoms with E-state index in [1.165, 1.54) is 11.1 Å². The van der Waals surface area contributed by atoms with Gasteiger partial charge in [0.2, 0.25) is 11.8 Å². The van der Waals surface area contributed by atoms with Crippen LogP contribution in [0.4, 0.5) is 0 Å². The Morgan fingerprint density at radius 1 is 1.18 bits per heavy atom. The fourth-order valence-corrected chi connectivity index (χ4v) is 3.63. The molecular weight excluding hydrogens is 276 g/mol. The quantitative estimate of drug-likeness (QED) is 0.861. The van der Waals surface area contributed by atoms with Gasteiger partial charge in [0.1, 0.15) is 0 Å². The summed E-state index contributed by atoms with van der Waals surface area (Å²) in [5, 5.41) is 0. The molecule has 1 aromatic carbocycles. The second-order valence-corrected chi connectivity index (χ2v) is 6.37. The monoisotopic (exact) mass is 300 g/mol. The Kier molecular flexibility index (Phi) is 4.46. The molecule has 4 nitrogen and oxygen atoms in total. The molecule has 2 fully saturated rings. The summed E-state index contributed by atoms with van der Waals surface area (Å²) in [7, 11) is 0. The molecule has 0 aliphatic carbocycles. The van der Waals surface area contributed by atoms with Crippen LogP contribution in [0, 0.1) is 6.92 Å². The van der Waals surface area contributed by atoms with Crippen LogP contribution in [-0.2, 0) is 9.59 Å². The Labute approximate surface area is 132 Å². The molecule has 0 saturated carbocycles. The van der Waals surface area contributed by atoms with E-state index in [4.69, 9.17) is 0 Å². The Hall–Kier alpha value is -1.84. The van der Waals surface area contributed by atoms with Gasteiger partial charge < -0.3 is 9.80 Å². The van der Waals surface area contributed by atoms with Crippen molar-refractivity contribution in [3.63, 3.8) is 0 Å². The number of nitrogens with zero attached hydrogens (tertiary/aromatic N) is 2. The van der Waals surface area contributed by atoms with Gasteiger partial charge in [-0.3, -0.25) is 9.59 Å². The molecule has 0 spiro atoms. The first kappa shape index (κ1) is 15.1. The number of rotatable bonds is 3. The zero-order chi connectivity index (χ0) is 15.5. The number of aryl methyl sites for hydroxylation is 1. The van der Waals surface area contributed by atoms with E-state index >= 15 is 0 Å². The molecule has 2 saturated heterocycles. The number of piperidine rings is 1. The molecule has 0 aromatic heterocycles. The molecule has 4 heteroatoms. The molecule has 0 N–H and O–H groups in total. The molecule has 0 unspecified atom stereocenters. The number of carbonyl (C=O) groups excluding carboxylic acids is 2. The van der Waals surface area contributed by atoms with Crippen molar-refractivity contribution in [1.82, 2.24) is 9.80 Å². The highest BCUT2D eigenvalue weighted by Crippen LogP contribution is 2.33. The van der Waals surface area contributed by atoms with Crippen molar-refractivity contribution in [2.24, 2.45) is 0 Å². The van der Waals surface area contributed by atoms with Gasteiger partial charge in [0.25, 0.3) is 0 Å². The lowest BCUT2D eigenvalue weighted by molar-refractivity contribution is -0.142. The Bertz CT molecular complexity index is 570. The maximum atomic E-state index is 12.7. The molecule has 1 aromatic rings. The SMILES string of the molecule is Cc1ccccc1[C@H]1CCCN1C(=O)CN1CCCCC1=O. The fraction of sp³-hybridized carbons (Fsp3) is 0.556. The van der Waals surface area contributed by atoms with Gasteiger partial charge in [0.05, 0.1) is 12.6 Å². The molecule has 3 rings (SSSR count). The predicted molar refractivity (Wildman–Crippen MR) is 85.3 cm³/mol. The minimum Gasteiger partial charge on any atom is -0.334 e. The van der Waals surface area contributed by atoms with Crippen LogP contribution >= 0.6 is 0 Å². The number of hydrogen-bond donors (Lipinski definition) is 0. The van der Waals surface area contributed by atoms with Gasteiger partial charge in [-0.05, 0) is 43.7 Å². The summed E-state index contributed by atoms with van der Waals surface area (Å²) in [5.74, 6) is 0.229. The lowest BCUT2D eigenvalue weighted by Gasteiger charge is -2.31. The summed E-state index contributed by atoms with van der Waals surface area (Å²) in [6.07, 6.45) is 4.62. The van der Waals surface area contributed by atoms with Crippen molar-refractivity contribution in [2.45, 2.75) is 45.1 Å². The standard InChI is InChI=1S/C18H24N2O2/c1-14-7-2-3-8-15(14)16-9-6-12-20(16)18(22)13-19-11-5-4-10-17(19)21/h2-3,7-8,16H,4-6,9-13H2,1H3/t16-/m1/s1. The Morgan fingerprint density at radius 3 is 2.77 bits per heavy atom. The molecule has 0 bridgehead atoms. The van der Waals surface area contributed by atoms with E-state index in [9.17, 15) is 9.59 Å². The average Bonchev–Trinajstić information content (AvgIpc) is 2.99. The van der Waals surface area contributed by atoms with Crippen molar-refractivity contribution in [3.8, 4) is 0 Å². The van der Waals surface area contributed by atoms with Gasteiger partial charge in [-0.15, -0.1) is 0 Å². The van der Waals surface area contributed by atoms with Gasteiger partial charge in [-0.25, -0.2) is 0 Å². The third kappa shape index (κ3) is 3.01. The topological polar surface area (TPSA) is 40.6 Å². The van der Waals surface area contributed by atoms with E-state index in [1.54, 1.807) is 4.90 Å². The fourth-order valence-electron chi connectivity index (χ4n) is 3.63. The van der Waals surface area contributed by atoms with Gasteiger partial charge in [-0.2, -0.15) is 0 Å². The second-order valence-electron chi connectivity index (χ2n) is 6.37. The van der Waals surface area contributed by atoms with E-state index in [0.29, 0.717) is 6.42 Å². The van der Waals surface area contributed by atoms with Crippen LogP contribution in [0.3, 0.4) is 0 Å². The first-order chi connectivity index (χ1) is 10.7. The van der Waals surface area contributed by atoms with E-state index in [-0.39, 0.29) is 24.4 Å². The largest absolute Gasteiger partial charge is 0.334 e. The average molecular weight is 300 g/mol. The molecule has 2 aliphatic rings. The molecule has 1 atom stereocenters. The van der Waals surface area contributed by atoms with Crippen LogP contribution in [-0.4, -0.2) is 41.2 Å². The van der Waals surface area contributed by atoms with E-state index in [0.717, 1.165) is 38.8 Å². The zero-order valence-electron chi connectivity index (χ0n) is 13.3. The number of likely N-dealkylation sites (tertiary alicyclic amines) is 2. The summed E-state index contributed by atoms with van der Waals surface area (Å²) in [6, 6.07) is 8.47. The van der Waals surface area contributed by atoms with Crippen molar-refractivity contribution in [1.29, 1.82) is 0 Å². The molecule has 22 heavy (non-hydrogen) atoms. The third-order valence-electron chi connectivity index (χ3n) is 4.87. The van der Waals surface area contributed by atoms with Crippen LogP contribution in [0.15, 0.2) is 24.3 Å². The van der Waals surface area contributed by atoms with Gasteiger partial charge >= 0.3 is 0 Å². The predicted octanol–water partition coefficient (Wildman–Crippen LogP) is 2.67. The van der Waals surface area contributed by atoms with Crippen LogP contribution < -0.4 is 0 Å². The van der Waals surface area contributed by atoms with Crippen molar-refractivity contribution >= 4 is 11.8 Å².